The summed E-state index contributed by atoms with van der Waals surface area (Å²) in [6.07, 6.45) is 3.36. The molecule has 1 unspecified atom stereocenters. The minimum absolute atomic E-state index is 0.0560. The molecule has 2 aromatic rings. The number of benzene rings is 1. The molecule has 0 saturated carbocycles. The molecule has 1 aromatic heterocycles. The molecule has 1 amide bonds. The molecule has 1 aromatic carbocycles. The Bertz CT molecular complexity index is 1090. The van der Waals surface area contributed by atoms with E-state index in [1.54, 1.807) is 6.07 Å². The molecule has 2 atom stereocenters. The van der Waals surface area contributed by atoms with Crippen molar-refractivity contribution in [3.63, 3.8) is 0 Å². The largest absolute Gasteiger partial charge is 0.382 e. The number of amides is 1. The van der Waals surface area contributed by atoms with Crippen molar-refractivity contribution in [2.45, 2.75) is 44.3 Å². The van der Waals surface area contributed by atoms with Crippen LogP contribution in [-0.4, -0.2) is 46.9 Å². The third-order valence-electron chi connectivity index (χ3n) is 5.74. The van der Waals surface area contributed by atoms with Gasteiger partial charge in [-0.15, -0.1) is 0 Å². The van der Waals surface area contributed by atoms with Gasteiger partial charge in [-0.3, -0.25) is 9.79 Å². The first-order valence-corrected chi connectivity index (χ1v) is 10.8. The first kappa shape index (κ1) is 22.0. The zero-order chi connectivity index (χ0) is 22.7. The highest BCUT2D eigenvalue weighted by molar-refractivity contribution is 6.32. The van der Waals surface area contributed by atoms with E-state index in [0.29, 0.717) is 30.5 Å². The van der Waals surface area contributed by atoms with Gasteiger partial charge in [-0.05, 0) is 31.4 Å². The van der Waals surface area contributed by atoms with E-state index in [1.165, 1.54) is 6.33 Å². The second kappa shape index (κ2) is 9.51. The lowest BCUT2D eigenvalue weighted by molar-refractivity contribution is -0.123. The minimum atomic E-state index is -0.750. The van der Waals surface area contributed by atoms with Gasteiger partial charge in [-0.25, -0.2) is 9.97 Å². The van der Waals surface area contributed by atoms with Crippen molar-refractivity contribution >= 4 is 34.9 Å². The lowest BCUT2D eigenvalue weighted by Crippen LogP contribution is -2.42. The van der Waals surface area contributed by atoms with E-state index in [0.717, 1.165) is 29.7 Å². The molecule has 3 heterocycles. The summed E-state index contributed by atoms with van der Waals surface area (Å²) < 4.78 is 5.38. The standard InChI is InChI=1S/C22H24ClN7O2/c1-12(28-21-15(10-24)20(25)26-11-27-21)17-9-13-3-2-4-16(23)18(13)19(30-17)22(31)29-14-5-7-32-8-6-14/h2-4,11-12,14,19H,5-9H2,1H3,(H,29,31)(H3,25,26,27,28)/t12-,19?/m0/s1. The van der Waals surface area contributed by atoms with Crippen LogP contribution in [0.3, 0.4) is 0 Å². The number of aromatic nitrogens is 2. The fraction of sp³-hybridized carbons (Fsp3) is 0.409. The van der Waals surface area contributed by atoms with Crippen molar-refractivity contribution in [1.29, 1.82) is 5.26 Å². The molecule has 2 aliphatic heterocycles. The molecule has 0 aliphatic carbocycles. The second-order valence-electron chi connectivity index (χ2n) is 7.87. The van der Waals surface area contributed by atoms with Crippen LogP contribution >= 0.6 is 11.6 Å². The average molecular weight is 454 g/mol. The van der Waals surface area contributed by atoms with E-state index in [9.17, 15) is 10.1 Å². The van der Waals surface area contributed by atoms with Gasteiger partial charge in [0.15, 0.2) is 6.04 Å². The fourth-order valence-corrected chi connectivity index (χ4v) is 4.29. The maximum absolute atomic E-state index is 13.2. The molecule has 10 heteroatoms. The van der Waals surface area contributed by atoms with E-state index in [4.69, 9.17) is 27.1 Å². The van der Waals surface area contributed by atoms with Crippen LogP contribution in [0.5, 0.6) is 0 Å². The number of nitrogens with two attached hydrogens (primary N) is 1. The first-order chi connectivity index (χ1) is 15.5. The molecule has 4 rings (SSSR count). The summed E-state index contributed by atoms with van der Waals surface area (Å²) >= 11 is 6.49. The lowest BCUT2D eigenvalue weighted by Gasteiger charge is -2.30. The highest BCUT2D eigenvalue weighted by Crippen LogP contribution is 2.34. The molecule has 9 nitrogen and oxygen atoms in total. The SMILES string of the molecule is C[C@H](Nc1ncnc(N)c1C#N)C1=NC(C(=O)NC2CCOCC2)c2c(Cl)cccc2C1. The number of nitrogens with zero attached hydrogens (tertiary/aromatic N) is 4. The predicted octanol–water partition coefficient (Wildman–Crippen LogP) is 2.42. The smallest absolute Gasteiger partial charge is 0.249 e. The molecule has 2 aliphatic rings. The summed E-state index contributed by atoms with van der Waals surface area (Å²) in [7, 11) is 0. The Morgan fingerprint density at radius 1 is 1.34 bits per heavy atom. The molecular formula is C22H24ClN7O2. The molecule has 166 valence electrons. The molecule has 32 heavy (non-hydrogen) atoms. The number of nitrogen functional groups attached to an aromatic ring is 1. The first-order valence-electron chi connectivity index (χ1n) is 10.5. The highest BCUT2D eigenvalue weighted by Gasteiger charge is 2.32. The van der Waals surface area contributed by atoms with Crippen molar-refractivity contribution in [2.75, 3.05) is 24.3 Å². The Labute approximate surface area is 191 Å². The van der Waals surface area contributed by atoms with Crippen molar-refractivity contribution in [2.24, 2.45) is 4.99 Å². The summed E-state index contributed by atoms with van der Waals surface area (Å²) in [5.41, 5.74) is 8.41. The van der Waals surface area contributed by atoms with E-state index in [-0.39, 0.29) is 29.4 Å². The van der Waals surface area contributed by atoms with Crippen LogP contribution < -0.4 is 16.4 Å². The molecule has 4 N–H and O–H groups in total. The number of anilines is 2. The van der Waals surface area contributed by atoms with Gasteiger partial charge in [-0.1, -0.05) is 23.7 Å². The highest BCUT2D eigenvalue weighted by atomic mass is 35.5. The van der Waals surface area contributed by atoms with Crippen molar-refractivity contribution in [1.82, 2.24) is 15.3 Å². The number of carbonyl (C=O) groups excluding carboxylic acids is 1. The summed E-state index contributed by atoms with van der Waals surface area (Å²) in [6.45, 7) is 3.17. The van der Waals surface area contributed by atoms with Gasteiger partial charge in [-0.2, -0.15) is 5.26 Å². The third-order valence-corrected chi connectivity index (χ3v) is 6.07. The number of ether oxygens (including phenoxy) is 1. The van der Waals surface area contributed by atoms with Gasteiger partial charge in [0.1, 0.15) is 29.6 Å². The zero-order valence-electron chi connectivity index (χ0n) is 17.6. The Morgan fingerprint density at radius 3 is 2.88 bits per heavy atom. The van der Waals surface area contributed by atoms with Crippen LogP contribution in [0.2, 0.25) is 5.02 Å². The number of hydrogen-bond acceptors (Lipinski definition) is 8. The molecule has 0 spiro atoms. The molecule has 1 saturated heterocycles. The Morgan fingerprint density at radius 2 is 2.12 bits per heavy atom. The Kier molecular flexibility index (Phi) is 6.53. The summed E-state index contributed by atoms with van der Waals surface area (Å²) in [4.78, 5) is 26.0. The Hall–Kier alpha value is -3.22. The van der Waals surface area contributed by atoms with Crippen molar-refractivity contribution in [3.8, 4) is 6.07 Å². The predicted molar refractivity (Wildman–Crippen MR) is 122 cm³/mol. The fourth-order valence-electron chi connectivity index (χ4n) is 4.00. The van der Waals surface area contributed by atoms with E-state index in [1.807, 2.05) is 25.1 Å². The molecular weight excluding hydrogens is 430 g/mol. The van der Waals surface area contributed by atoms with E-state index >= 15 is 0 Å². The van der Waals surface area contributed by atoms with Crippen LogP contribution in [0.15, 0.2) is 29.5 Å². The van der Waals surface area contributed by atoms with Crippen LogP contribution in [0.25, 0.3) is 0 Å². The zero-order valence-corrected chi connectivity index (χ0v) is 18.4. The maximum atomic E-state index is 13.2. The molecule has 1 fully saturated rings. The Balaban J connectivity index is 1.62. The third kappa shape index (κ3) is 4.52. The number of nitriles is 1. The number of fused-ring (bicyclic) bond motifs is 1. The number of rotatable bonds is 5. The van der Waals surface area contributed by atoms with Crippen molar-refractivity contribution < 1.29 is 9.53 Å². The number of hydrogen-bond donors (Lipinski definition) is 3. The summed E-state index contributed by atoms with van der Waals surface area (Å²) in [5.74, 6) is 0.253. The monoisotopic (exact) mass is 453 g/mol. The summed E-state index contributed by atoms with van der Waals surface area (Å²) in [5, 5.41) is 16.2. The topological polar surface area (TPSA) is 138 Å². The molecule has 0 bridgehead atoms. The summed E-state index contributed by atoms with van der Waals surface area (Å²) in [6, 6.07) is 6.63. The number of carbonyl (C=O) groups is 1. The quantitative estimate of drug-likeness (QED) is 0.631. The normalized spacial score (nSPS) is 19.3. The second-order valence-corrected chi connectivity index (χ2v) is 8.28. The van der Waals surface area contributed by atoms with E-state index < -0.39 is 6.04 Å². The lowest BCUT2D eigenvalue weighted by atomic mass is 9.90. The molecule has 0 radical (unpaired) electrons. The van der Waals surface area contributed by atoms with Gasteiger partial charge < -0.3 is 21.1 Å². The van der Waals surface area contributed by atoms with Crippen LogP contribution in [0, 0.1) is 11.3 Å². The van der Waals surface area contributed by atoms with Crippen molar-refractivity contribution in [3.05, 3.63) is 46.2 Å². The maximum Gasteiger partial charge on any atom is 0.249 e. The minimum Gasteiger partial charge on any atom is -0.382 e. The van der Waals surface area contributed by atoms with Crippen LogP contribution in [-0.2, 0) is 16.0 Å². The number of nitrogens with one attached hydrogen (secondary N) is 2. The van der Waals surface area contributed by atoms with Crippen LogP contribution in [0.4, 0.5) is 11.6 Å². The van der Waals surface area contributed by atoms with E-state index in [2.05, 4.69) is 20.6 Å². The average Bonchev–Trinajstić information content (AvgIpc) is 2.79. The number of aliphatic imine (C=N–C) groups is 1. The van der Waals surface area contributed by atoms with Crippen LogP contribution in [0.1, 0.15) is 42.5 Å². The van der Waals surface area contributed by atoms with Gasteiger partial charge in [0.25, 0.3) is 0 Å². The number of halogens is 1. The van der Waals surface area contributed by atoms with Gasteiger partial charge in [0, 0.05) is 42.0 Å². The van der Waals surface area contributed by atoms with Gasteiger partial charge in [0.2, 0.25) is 5.91 Å². The van der Waals surface area contributed by atoms with Gasteiger partial charge in [0.05, 0.1) is 6.04 Å². The van der Waals surface area contributed by atoms with Gasteiger partial charge >= 0.3 is 0 Å².